The summed E-state index contributed by atoms with van der Waals surface area (Å²) in [6, 6.07) is 0.967. The van der Waals surface area contributed by atoms with Crippen molar-refractivity contribution < 1.29 is 18.0 Å². The van der Waals surface area contributed by atoms with Gasteiger partial charge in [0.2, 0.25) is 0 Å². The standard InChI is InChI=1S/C12H13BrF3NO/c1-2-7(13)3-4-17-12(18)11-9(15)5-8(14)6-10(11)16/h5-7H,2-4H2,1H3,(H,17,18). The van der Waals surface area contributed by atoms with E-state index in [1.54, 1.807) is 0 Å². The Balaban J connectivity index is 2.67. The lowest BCUT2D eigenvalue weighted by molar-refractivity contribution is 0.0944. The number of amides is 1. The monoisotopic (exact) mass is 323 g/mol. The van der Waals surface area contributed by atoms with Crippen LogP contribution >= 0.6 is 15.9 Å². The van der Waals surface area contributed by atoms with E-state index in [9.17, 15) is 18.0 Å². The normalized spacial score (nSPS) is 12.3. The highest BCUT2D eigenvalue weighted by Gasteiger charge is 2.18. The van der Waals surface area contributed by atoms with Gasteiger partial charge < -0.3 is 5.32 Å². The maximum absolute atomic E-state index is 13.3. The topological polar surface area (TPSA) is 29.1 Å². The number of carbonyl (C=O) groups is 1. The molecule has 0 saturated heterocycles. The maximum Gasteiger partial charge on any atom is 0.257 e. The molecule has 0 aromatic heterocycles. The van der Waals surface area contributed by atoms with Gasteiger partial charge in [0, 0.05) is 23.5 Å². The van der Waals surface area contributed by atoms with Crippen molar-refractivity contribution in [3.8, 4) is 0 Å². The van der Waals surface area contributed by atoms with Crippen LogP contribution in [0.25, 0.3) is 0 Å². The lowest BCUT2D eigenvalue weighted by Crippen LogP contribution is -2.27. The predicted molar refractivity (Wildman–Crippen MR) is 66.3 cm³/mol. The minimum atomic E-state index is -1.20. The molecule has 0 heterocycles. The largest absolute Gasteiger partial charge is 0.352 e. The number of carbonyl (C=O) groups excluding carboxylic acids is 1. The number of hydrogen-bond donors (Lipinski definition) is 1. The first-order valence-corrected chi connectivity index (χ1v) is 6.44. The summed E-state index contributed by atoms with van der Waals surface area (Å²) in [6.07, 6.45) is 1.53. The Morgan fingerprint density at radius 3 is 2.39 bits per heavy atom. The van der Waals surface area contributed by atoms with Gasteiger partial charge in [-0.2, -0.15) is 0 Å². The van der Waals surface area contributed by atoms with E-state index >= 15 is 0 Å². The molecule has 0 radical (unpaired) electrons. The van der Waals surface area contributed by atoms with Gasteiger partial charge in [-0.15, -0.1) is 0 Å². The average molecular weight is 324 g/mol. The van der Waals surface area contributed by atoms with E-state index in [4.69, 9.17) is 0 Å². The Kier molecular flexibility index (Phi) is 5.65. The van der Waals surface area contributed by atoms with E-state index in [1.807, 2.05) is 6.92 Å². The third-order valence-corrected chi connectivity index (χ3v) is 3.53. The maximum atomic E-state index is 13.3. The molecule has 0 aliphatic carbocycles. The van der Waals surface area contributed by atoms with Crippen LogP contribution < -0.4 is 5.32 Å². The Hall–Kier alpha value is -1.04. The van der Waals surface area contributed by atoms with Gasteiger partial charge in [0.15, 0.2) is 0 Å². The average Bonchev–Trinajstić information content (AvgIpc) is 2.27. The summed E-state index contributed by atoms with van der Waals surface area (Å²) in [5.74, 6) is -4.32. The van der Waals surface area contributed by atoms with Gasteiger partial charge in [-0.25, -0.2) is 13.2 Å². The molecule has 1 aromatic carbocycles. The zero-order valence-electron chi connectivity index (χ0n) is 9.77. The van der Waals surface area contributed by atoms with E-state index < -0.39 is 28.9 Å². The van der Waals surface area contributed by atoms with Gasteiger partial charge in [0.05, 0.1) is 0 Å². The lowest BCUT2D eigenvalue weighted by Gasteiger charge is -2.09. The van der Waals surface area contributed by atoms with Crippen molar-refractivity contribution in [2.45, 2.75) is 24.6 Å². The highest BCUT2D eigenvalue weighted by Crippen LogP contribution is 2.15. The molecule has 0 aliphatic heterocycles. The molecule has 1 amide bonds. The SMILES string of the molecule is CCC(Br)CCNC(=O)c1c(F)cc(F)cc1F. The highest BCUT2D eigenvalue weighted by molar-refractivity contribution is 9.09. The molecule has 0 aliphatic rings. The number of alkyl halides is 1. The Labute approximate surface area is 112 Å². The van der Waals surface area contributed by atoms with Crippen molar-refractivity contribution in [1.82, 2.24) is 5.32 Å². The Morgan fingerprint density at radius 2 is 1.89 bits per heavy atom. The van der Waals surface area contributed by atoms with Crippen molar-refractivity contribution >= 4 is 21.8 Å². The zero-order valence-corrected chi connectivity index (χ0v) is 11.4. The summed E-state index contributed by atoms with van der Waals surface area (Å²) in [4.78, 5) is 11.8. The molecule has 18 heavy (non-hydrogen) atoms. The molecule has 2 nitrogen and oxygen atoms in total. The first-order valence-electron chi connectivity index (χ1n) is 5.52. The van der Waals surface area contributed by atoms with Crippen molar-refractivity contribution in [2.75, 3.05) is 6.54 Å². The summed E-state index contributed by atoms with van der Waals surface area (Å²) < 4.78 is 39.2. The molecule has 0 fully saturated rings. The molecular formula is C12H13BrF3NO. The summed E-state index contributed by atoms with van der Waals surface area (Å²) in [7, 11) is 0. The van der Waals surface area contributed by atoms with Crippen LogP contribution in [0.1, 0.15) is 30.1 Å². The van der Waals surface area contributed by atoms with Crippen LogP contribution in [0.4, 0.5) is 13.2 Å². The first kappa shape index (κ1) is 15.0. The molecule has 1 unspecified atom stereocenters. The van der Waals surface area contributed by atoms with Crippen LogP contribution in [-0.4, -0.2) is 17.3 Å². The van der Waals surface area contributed by atoms with Crippen LogP contribution in [0.5, 0.6) is 0 Å². The van der Waals surface area contributed by atoms with Crippen molar-refractivity contribution in [2.24, 2.45) is 0 Å². The van der Waals surface area contributed by atoms with Gasteiger partial charge in [-0.3, -0.25) is 4.79 Å². The van der Waals surface area contributed by atoms with E-state index in [2.05, 4.69) is 21.2 Å². The molecule has 1 aromatic rings. The van der Waals surface area contributed by atoms with Crippen LogP contribution in [0.2, 0.25) is 0 Å². The van der Waals surface area contributed by atoms with Crippen molar-refractivity contribution in [1.29, 1.82) is 0 Å². The third kappa shape index (κ3) is 4.01. The quantitative estimate of drug-likeness (QED) is 0.827. The van der Waals surface area contributed by atoms with Crippen LogP contribution in [0, 0.1) is 17.5 Å². The van der Waals surface area contributed by atoms with Crippen LogP contribution in [0.3, 0.4) is 0 Å². The second kappa shape index (κ2) is 6.78. The van der Waals surface area contributed by atoms with Crippen molar-refractivity contribution in [3.63, 3.8) is 0 Å². The number of halogens is 4. The number of rotatable bonds is 5. The van der Waals surface area contributed by atoms with Crippen LogP contribution in [-0.2, 0) is 0 Å². The Morgan fingerprint density at radius 1 is 1.33 bits per heavy atom. The van der Waals surface area contributed by atoms with E-state index in [1.165, 1.54) is 0 Å². The molecular weight excluding hydrogens is 311 g/mol. The molecule has 0 saturated carbocycles. The second-order valence-corrected chi connectivity index (χ2v) is 5.09. The predicted octanol–water partition coefficient (Wildman–Crippen LogP) is 3.40. The lowest BCUT2D eigenvalue weighted by atomic mass is 10.1. The first-order chi connectivity index (χ1) is 8.45. The zero-order chi connectivity index (χ0) is 13.7. The highest BCUT2D eigenvalue weighted by atomic mass is 79.9. The Bertz CT molecular complexity index is 416. The molecule has 1 N–H and O–H groups in total. The van der Waals surface area contributed by atoms with Gasteiger partial charge in [-0.05, 0) is 12.8 Å². The van der Waals surface area contributed by atoms with Gasteiger partial charge in [0.1, 0.15) is 23.0 Å². The summed E-state index contributed by atoms with van der Waals surface area (Å²) in [5.41, 5.74) is -0.751. The van der Waals surface area contributed by atoms with Crippen LogP contribution in [0.15, 0.2) is 12.1 Å². The molecule has 0 spiro atoms. The minimum absolute atomic E-state index is 0.237. The fraction of sp³-hybridized carbons (Fsp3) is 0.417. The number of benzene rings is 1. The molecule has 100 valence electrons. The number of hydrogen-bond acceptors (Lipinski definition) is 1. The molecule has 1 rings (SSSR count). The van der Waals surface area contributed by atoms with Crippen molar-refractivity contribution in [3.05, 3.63) is 35.1 Å². The molecule has 6 heteroatoms. The summed E-state index contributed by atoms with van der Waals surface area (Å²) in [6.45, 7) is 2.26. The molecule has 1 atom stereocenters. The summed E-state index contributed by atoms with van der Waals surface area (Å²) >= 11 is 3.37. The fourth-order valence-electron chi connectivity index (χ4n) is 1.39. The molecule has 0 bridgehead atoms. The van der Waals surface area contributed by atoms with E-state index in [0.29, 0.717) is 25.1 Å². The second-order valence-electron chi connectivity index (χ2n) is 3.79. The van der Waals surface area contributed by atoms with E-state index in [0.717, 1.165) is 6.42 Å². The smallest absolute Gasteiger partial charge is 0.257 e. The number of nitrogens with one attached hydrogen (secondary N) is 1. The van der Waals surface area contributed by atoms with Gasteiger partial charge in [0.25, 0.3) is 5.91 Å². The van der Waals surface area contributed by atoms with Gasteiger partial charge in [-0.1, -0.05) is 22.9 Å². The summed E-state index contributed by atoms with van der Waals surface area (Å²) in [5, 5.41) is 2.39. The third-order valence-electron chi connectivity index (χ3n) is 2.42. The minimum Gasteiger partial charge on any atom is -0.352 e. The van der Waals surface area contributed by atoms with E-state index in [-0.39, 0.29) is 4.83 Å². The fourth-order valence-corrected chi connectivity index (χ4v) is 1.62. The van der Waals surface area contributed by atoms with Gasteiger partial charge >= 0.3 is 0 Å².